The van der Waals surface area contributed by atoms with Gasteiger partial charge in [0.25, 0.3) is 0 Å². The number of hydrogen-bond donors (Lipinski definition) is 0. The van der Waals surface area contributed by atoms with Gasteiger partial charge in [0.2, 0.25) is 0 Å². The van der Waals surface area contributed by atoms with Crippen LogP contribution in [0.4, 0.5) is 0 Å². The summed E-state index contributed by atoms with van der Waals surface area (Å²) in [4.78, 5) is 4.09. The first-order valence-corrected chi connectivity index (χ1v) is 10.6. The van der Waals surface area contributed by atoms with Crippen LogP contribution in [0.1, 0.15) is 78.5 Å². The van der Waals surface area contributed by atoms with Crippen molar-refractivity contribution in [1.29, 1.82) is 0 Å². The van der Waals surface area contributed by atoms with Gasteiger partial charge < -0.3 is 4.42 Å². The number of hydrogen-bond acceptors (Lipinski definition) is 2. The summed E-state index contributed by atoms with van der Waals surface area (Å²) >= 11 is 0. The molecule has 1 atom stereocenters. The highest BCUT2D eigenvalue weighted by Gasteiger charge is 2.08. The lowest BCUT2D eigenvalue weighted by molar-refractivity contribution is 0.487. The summed E-state index contributed by atoms with van der Waals surface area (Å²) in [6.45, 7) is 21.0. The first-order chi connectivity index (χ1) is 13.7. The van der Waals surface area contributed by atoms with Crippen molar-refractivity contribution in [1.82, 2.24) is 4.98 Å². The van der Waals surface area contributed by atoms with E-state index in [0.29, 0.717) is 23.7 Å². The fourth-order valence-electron chi connectivity index (χ4n) is 2.45. The van der Waals surface area contributed by atoms with Crippen molar-refractivity contribution in [2.45, 2.75) is 67.2 Å². The van der Waals surface area contributed by atoms with Crippen LogP contribution < -0.4 is 0 Å². The molecular formula is C27H41NO. The summed E-state index contributed by atoms with van der Waals surface area (Å²) in [5, 5.41) is 0. The molecule has 0 radical (unpaired) electrons. The van der Waals surface area contributed by atoms with Crippen molar-refractivity contribution in [3.63, 3.8) is 0 Å². The molecular weight excluding hydrogens is 354 g/mol. The maximum absolute atomic E-state index is 5.09. The molecule has 2 heteroatoms. The molecule has 0 aromatic carbocycles. The molecule has 0 fully saturated rings. The Kier molecular flexibility index (Phi) is 14.3. The van der Waals surface area contributed by atoms with Gasteiger partial charge in [0.1, 0.15) is 5.76 Å². The minimum atomic E-state index is 0.519. The Morgan fingerprint density at radius 1 is 1.03 bits per heavy atom. The van der Waals surface area contributed by atoms with Gasteiger partial charge in [-0.25, -0.2) is 0 Å². The molecule has 0 saturated heterocycles. The molecule has 0 spiro atoms. The zero-order chi connectivity index (χ0) is 22.2. The second-order valence-electron chi connectivity index (χ2n) is 8.03. The van der Waals surface area contributed by atoms with Crippen molar-refractivity contribution in [2.24, 2.45) is 11.8 Å². The first-order valence-electron chi connectivity index (χ1n) is 10.6. The highest BCUT2D eigenvalue weighted by molar-refractivity contribution is 5.22. The molecule has 0 N–H and O–H groups in total. The third-order valence-corrected chi connectivity index (χ3v) is 4.75. The molecule has 2 rings (SSSR count). The van der Waals surface area contributed by atoms with E-state index in [1.54, 1.807) is 12.3 Å². The van der Waals surface area contributed by atoms with E-state index in [1.807, 2.05) is 36.7 Å². The van der Waals surface area contributed by atoms with Gasteiger partial charge in [-0.05, 0) is 54.0 Å². The molecule has 2 nitrogen and oxygen atoms in total. The summed E-state index contributed by atoms with van der Waals surface area (Å²) in [6.07, 6.45) is 13.5. The molecule has 29 heavy (non-hydrogen) atoms. The SMILES string of the molecule is C=C/C=C\C(=C/C)C(C)C.CC(C)C(C)c1cccnc1.CC(C)c1ccco1. The fourth-order valence-corrected chi connectivity index (χ4v) is 2.45. The monoisotopic (exact) mass is 395 g/mol. The molecule has 0 aliphatic carbocycles. The summed E-state index contributed by atoms with van der Waals surface area (Å²) in [5.41, 5.74) is 2.70. The Morgan fingerprint density at radius 3 is 2.07 bits per heavy atom. The molecule has 0 aliphatic heterocycles. The van der Waals surface area contributed by atoms with Crippen molar-refractivity contribution >= 4 is 0 Å². The van der Waals surface area contributed by atoms with Crippen molar-refractivity contribution in [2.75, 3.05) is 0 Å². The van der Waals surface area contributed by atoms with E-state index >= 15 is 0 Å². The third-order valence-electron chi connectivity index (χ3n) is 4.75. The van der Waals surface area contributed by atoms with Crippen LogP contribution in [0.2, 0.25) is 0 Å². The van der Waals surface area contributed by atoms with E-state index in [9.17, 15) is 0 Å². The first kappa shape index (κ1) is 26.6. The second-order valence-corrected chi connectivity index (χ2v) is 8.03. The van der Waals surface area contributed by atoms with Crippen molar-refractivity contribution in [3.8, 4) is 0 Å². The molecule has 2 aromatic heterocycles. The van der Waals surface area contributed by atoms with Crippen LogP contribution in [0, 0.1) is 11.8 Å². The van der Waals surface area contributed by atoms with Gasteiger partial charge in [-0.3, -0.25) is 4.98 Å². The van der Waals surface area contributed by atoms with Gasteiger partial charge in [-0.1, -0.05) is 85.4 Å². The highest BCUT2D eigenvalue weighted by atomic mass is 16.3. The van der Waals surface area contributed by atoms with Crippen LogP contribution in [-0.4, -0.2) is 4.98 Å². The van der Waals surface area contributed by atoms with Gasteiger partial charge in [0, 0.05) is 18.3 Å². The highest BCUT2D eigenvalue weighted by Crippen LogP contribution is 2.21. The Labute approximate surface area is 179 Å². The molecule has 0 aliphatic rings. The minimum absolute atomic E-state index is 0.519. The van der Waals surface area contributed by atoms with E-state index in [2.05, 4.69) is 85.2 Å². The lowest BCUT2D eigenvalue weighted by Gasteiger charge is -2.14. The van der Waals surface area contributed by atoms with Gasteiger partial charge in [-0.15, -0.1) is 0 Å². The summed E-state index contributed by atoms with van der Waals surface area (Å²) in [7, 11) is 0. The van der Waals surface area contributed by atoms with Crippen LogP contribution in [0.5, 0.6) is 0 Å². The average molecular weight is 396 g/mol. The maximum atomic E-state index is 5.09. The normalized spacial score (nSPS) is 12.4. The molecule has 2 aromatic rings. The Bertz CT molecular complexity index is 691. The lowest BCUT2D eigenvalue weighted by atomic mass is 9.92. The summed E-state index contributed by atoms with van der Waals surface area (Å²) < 4.78 is 5.09. The Balaban J connectivity index is 0.000000410. The second kappa shape index (κ2) is 15.6. The van der Waals surface area contributed by atoms with Crippen LogP contribution >= 0.6 is 0 Å². The quantitative estimate of drug-likeness (QED) is 0.458. The van der Waals surface area contributed by atoms with E-state index in [1.165, 1.54) is 11.1 Å². The van der Waals surface area contributed by atoms with Crippen LogP contribution in [0.25, 0.3) is 0 Å². The predicted octanol–water partition coefficient (Wildman–Crippen LogP) is 8.58. The molecule has 0 saturated carbocycles. The van der Waals surface area contributed by atoms with Crippen LogP contribution in [0.3, 0.4) is 0 Å². The van der Waals surface area contributed by atoms with Gasteiger partial charge in [0.05, 0.1) is 6.26 Å². The van der Waals surface area contributed by atoms with Gasteiger partial charge in [-0.2, -0.15) is 0 Å². The molecule has 0 amide bonds. The van der Waals surface area contributed by atoms with E-state index in [4.69, 9.17) is 4.42 Å². The predicted molar refractivity (Wildman–Crippen MR) is 128 cm³/mol. The number of rotatable bonds is 6. The Hall–Kier alpha value is -2.35. The molecule has 1 unspecified atom stereocenters. The zero-order valence-corrected chi connectivity index (χ0v) is 19.7. The molecule has 160 valence electrons. The number of aromatic nitrogens is 1. The average Bonchev–Trinajstić information content (AvgIpc) is 3.24. The van der Waals surface area contributed by atoms with Crippen LogP contribution in [-0.2, 0) is 0 Å². The topological polar surface area (TPSA) is 26.0 Å². The fraction of sp³-hybridized carbons (Fsp3) is 0.444. The number of allylic oxidation sites excluding steroid dienone is 5. The smallest absolute Gasteiger partial charge is 0.106 e. The zero-order valence-electron chi connectivity index (χ0n) is 19.7. The summed E-state index contributed by atoms with van der Waals surface area (Å²) in [5.74, 6) is 3.50. The molecule has 0 bridgehead atoms. The standard InChI is InChI=1S/C10H15N.C10H16.C7H10O/c1-8(2)9(3)10-5-4-6-11-7-10;1-5-7-8-10(6-2)9(3)4;1-6(2)7-4-3-5-8-7/h4-9H,1-3H3;5-9H,1H2,2-4H3;3-6H,1-2H3/b;8-7-,10-6+;. The Morgan fingerprint density at radius 2 is 1.72 bits per heavy atom. The minimum Gasteiger partial charge on any atom is -0.469 e. The van der Waals surface area contributed by atoms with Crippen molar-refractivity contribution < 1.29 is 4.42 Å². The summed E-state index contributed by atoms with van der Waals surface area (Å²) in [6, 6.07) is 8.03. The van der Waals surface area contributed by atoms with E-state index in [-0.39, 0.29) is 0 Å². The number of furan rings is 1. The van der Waals surface area contributed by atoms with Gasteiger partial charge >= 0.3 is 0 Å². The van der Waals surface area contributed by atoms with Crippen molar-refractivity contribution in [3.05, 3.63) is 90.7 Å². The number of pyridine rings is 1. The van der Waals surface area contributed by atoms with E-state index in [0.717, 1.165) is 5.76 Å². The van der Waals surface area contributed by atoms with Crippen LogP contribution in [0.15, 0.2) is 83.8 Å². The van der Waals surface area contributed by atoms with E-state index < -0.39 is 0 Å². The maximum Gasteiger partial charge on any atom is 0.106 e. The number of nitrogens with zero attached hydrogens (tertiary/aromatic N) is 1. The molecule has 2 heterocycles. The largest absolute Gasteiger partial charge is 0.469 e. The van der Waals surface area contributed by atoms with Gasteiger partial charge in [0.15, 0.2) is 0 Å². The third kappa shape index (κ3) is 11.9. The lowest BCUT2D eigenvalue weighted by Crippen LogP contribution is -2.01.